The summed E-state index contributed by atoms with van der Waals surface area (Å²) in [5.41, 5.74) is 1.64. The lowest BCUT2D eigenvalue weighted by atomic mass is 10.1. The fourth-order valence-corrected chi connectivity index (χ4v) is 2.74. The molecule has 0 atom stereocenters. The highest BCUT2D eigenvalue weighted by Gasteiger charge is 2.30. The Balaban J connectivity index is 1.83. The van der Waals surface area contributed by atoms with Crippen LogP contribution < -0.4 is 10.2 Å². The molecular formula is C19H15N3O3. The van der Waals surface area contributed by atoms with E-state index in [1.807, 2.05) is 60.7 Å². The van der Waals surface area contributed by atoms with Crippen LogP contribution in [0.25, 0.3) is 22.8 Å². The summed E-state index contributed by atoms with van der Waals surface area (Å²) in [5.74, 6) is 1.06. The fraction of sp³-hybridized carbons (Fsp3) is 0.105. The van der Waals surface area contributed by atoms with Crippen LogP contribution in [0.1, 0.15) is 6.42 Å². The summed E-state index contributed by atoms with van der Waals surface area (Å²) in [7, 11) is 0. The first-order valence-electron chi connectivity index (χ1n) is 7.95. The van der Waals surface area contributed by atoms with Gasteiger partial charge in [0.15, 0.2) is 11.6 Å². The quantitative estimate of drug-likeness (QED) is 0.796. The molecule has 3 aromatic rings. The van der Waals surface area contributed by atoms with Crippen LogP contribution in [-0.4, -0.2) is 23.5 Å². The largest absolute Gasteiger partial charge is 0.434 e. The van der Waals surface area contributed by atoms with Crippen molar-refractivity contribution in [3.63, 3.8) is 0 Å². The van der Waals surface area contributed by atoms with Crippen molar-refractivity contribution in [2.75, 3.05) is 11.4 Å². The number of carbonyl (C=O) groups is 2. The minimum atomic E-state index is -0.485. The zero-order chi connectivity index (χ0) is 17.2. The van der Waals surface area contributed by atoms with Gasteiger partial charge < -0.3 is 4.42 Å². The van der Waals surface area contributed by atoms with Gasteiger partial charge in [-0.05, 0) is 12.1 Å². The van der Waals surface area contributed by atoms with E-state index in [-0.39, 0.29) is 18.9 Å². The van der Waals surface area contributed by atoms with Crippen molar-refractivity contribution < 1.29 is 14.0 Å². The predicted molar refractivity (Wildman–Crippen MR) is 92.9 cm³/mol. The standard InChI is InChI=1S/C19H15N3O3/c23-15-11-12-22(19(24)20-15)17-16(13-7-3-1-4-8-13)25-18(21-17)14-9-5-2-6-10-14/h1-10H,11-12H2,(H,20,23,24). The van der Waals surface area contributed by atoms with Crippen LogP contribution in [-0.2, 0) is 4.79 Å². The molecule has 2 aromatic carbocycles. The SMILES string of the molecule is O=C1CCN(c2nc(-c3ccccc3)oc2-c2ccccc2)C(=O)N1. The van der Waals surface area contributed by atoms with Crippen molar-refractivity contribution in [1.29, 1.82) is 0 Å². The first-order valence-corrected chi connectivity index (χ1v) is 7.95. The maximum atomic E-state index is 12.2. The Morgan fingerprint density at radius 2 is 1.56 bits per heavy atom. The van der Waals surface area contributed by atoms with Gasteiger partial charge in [-0.15, -0.1) is 0 Å². The number of aromatic nitrogens is 1. The lowest BCUT2D eigenvalue weighted by molar-refractivity contribution is -0.120. The van der Waals surface area contributed by atoms with Crippen molar-refractivity contribution >= 4 is 17.8 Å². The van der Waals surface area contributed by atoms with E-state index in [9.17, 15) is 9.59 Å². The Labute approximate surface area is 144 Å². The second kappa shape index (κ2) is 6.24. The molecular weight excluding hydrogens is 318 g/mol. The van der Waals surface area contributed by atoms with Crippen LogP contribution in [0.5, 0.6) is 0 Å². The van der Waals surface area contributed by atoms with Gasteiger partial charge in [-0.2, -0.15) is 4.98 Å². The average Bonchev–Trinajstić information content (AvgIpc) is 3.08. The number of hydrogen-bond donors (Lipinski definition) is 1. The molecule has 0 aliphatic carbocycles. The van der Waals surface area contributed by atoms with E-state index in [0.717, 1.165) is 11.1 Å². The maximum Gasteiger partial charge on any atom is 0.329 e. The highest BCUT2D eigenvalue weighted by molar-refractivity contribution is 6.06. The molecule has 1 aliphatic rings. The molecule has 1 fully saturated rings. The van der Waals surface area contributed by atoms with Crippen LogP contribution in [0.3, 0.4) is 0 Å². The van der Waals surface area contributed by atoms with E-state index < -0.39 is 6.03 Å². The molecule has 0 spiro atoms. The third-order valence-electron chi connectivity index (χ3n) is 3.98. The second-order valence-corrected chi connectivity index (χ2v) is 5.66. The highest BCUT2D eigenvalue weighted by Crippen LogP contribution is 2.35. The van der Waals surface area contributed by atoms with Crippen molar-refractivity contribution in [2.24, 2.45) is 0 Å². The van der Waals surface area contributed by atoms with E-state index >= 15 is 0 Å². The van der Waals surface area contributed by atoms with E-state index in [2.05, 4.69) is 10.3 Å². The number of imide groups is 1. The van der Waals surface area contributed by atoms with Gasteiger partial charge in [0.25, 0.3) is 0 Å². The van der Waals surface area contributed by atoms with Gasteiger partial charge in [-0.25, -0.2) is 4.79 Å². The average molecular weight is 333 g/mol. The first kappa shape index (κ1) is 15.1. The summed E-state index contributed by atoms with van der Waals surface area (Å²) in [6.45, 7) is 0.269. The molecule has 0 saturated carbocycles. The van der Waals surface area contributed by atoms with Crippen LogP contribution in [0, 0.1) is 0 Å². The normalized spacial score (nSPS) is 14.5. The summed E-state index contributed by atoms with van der Waals surface area (Å²) in [4.78, 5) is 29.7. The predicted octanol–water partition coefficient (Wildman–Crippen LogP) is 3.45. The minimum absolute atomic E-state index is 0.230. The zero-order valence-electron chi connectivity index (χ0n) is 13.3. The molecule has 6 nitrogen and oxygen atoms in total. The Hall–Kier alpha value is -3.41. The van der Waals surface area contributed by atoms with Crippen molar-refractivity contribution in [3.8, 4) is 22.8 Å². The number of carbonyl (C=O) groups excluding carboxylic acids is 2. The third kappa shape index (κ3) is 2.89. The van der Waals surface area contributed by atoms with Gasteiger partial charge in [0.2, 0.25) is 11.8 Å². The summed E-state index contributed by atoms with van der Waals surface area (Å²) < 4.78 is 6.00. The van der Waals surface area contributed by atoms with Crippen molar-refractivity contribution in [1.82, 2.24) is 10.3 Å². The molecule has 6 heteroatoms. The molecule has 0 bridgehead atoms. The van der Waals surface area contributed by atoms with Gasteiger partial charge in [-0.1, -0.05) is 48.5 Å². The molecule has 25 heavy (non-hydrogen) atoms. The Bertz CT molecular complexity index is 920. The Kier molecular flexibility index (Phi) is 3.78. The number of rotatable bonds is 3. The molecule has 1 N–H and O–H groups in total. The van der Waals surface area contributed by atoms with Crippen LogP contribution >= 0.6 is 0 Å². The lowest BCUT2D eigenvalue weighted by Gasteiger charge is -2.24. The van der Waals surface area contributed by atoms with Crippen molar-refractivity contribution in [2.45, 2.75) is 6.42 Å². The number of urea groups is 1. The topological polar surface area (TPSA) is 75.4 Å². The number of nitrogens with zero attached hydrogens (tertiary/aromatic N) is 2. The molecule has 1 aliphatic heterocycles. The van der Waals surface area contributed by atoms with E-state index in [1.165, 1.54) is 4.90 Å². The van der Waals surface area contributed by atoms with Gasteiger partial charge in [-0.3, -0.25) is 15.0 Å². The maximum absolute atomic E-state index is 12.2. The van der Waals surface area contributed by atoms with E-state index in [1.54, 1.807) is 0 Å². The summed E-state index contributed by atoms with van der Waals surface area (Å²) >= 11 is 0. The number of anilines is 1. The van der Waals surface area contributed by atoms with Crippen molar-refractivity contribution in [3.05, 3.63) is 60.7 Å². The smallest absolute Gasteiger partial charge is 0.329 e. The number of benzene rings is 2. The molecule has 124 valence electrons. The van der Waals surface area contributed by atoms with E-state index in [0.29, 0.717) is 17.5 Å². The van der Waals surface area contributed by atoms with Gasteiger partial charge in [0.05, 0.1) is 0 Å². The molecule has 0 radical (unpaired) electrons. The summed E-state index contributed by atoms with van der Waals surface area (Å²) in [5, 5.41) is 2.32. The summed E-state index contributed by atoms with van der Waals surface area (Å²) in [6.07, 6.45) is 0.230. The van der Waals surface area contributed by atoms with Gasteiger partial charge in [0.1, 0.15) is 0 Å². The van der Waals surface area contributed by atoms with Gasteiger partial charge in [0, 0.05) is 24.1 Å². The molecule has 1 aromatic heterocycles. The van der Waals surface area contributed by atoms with Crippen LogP contribution in [0.15, 0.2) is 65.1 Å². The second-order valence-electron chi connectivity index (χ2n) is 5.66. The zero-order valence-corrected chi connectivity index (χ0v) is 13.3. The van der Waals surface area contributed by atoms with Crippen LogP contribution in [0.4, 0.5) is 10.6 Å². The lowest BCUT2D eigenvalue weighted by Crippen LogP contribution is -2.49. The van der Waals surface area contributed by atoms with Gasteiger partial charge >= 0.3 is 6.03 Å². The third-order valence-corrected chi connectivity index (χ3v) is 3.98. The first-order chi connectivity index (χ1) is 12.2. The minimum Gasteiger partial charge on any atom is -0.434 e. The molecule has 0 unspecified atom stereocenters. The number of oxazole rings is 1. The number of hydrogen-bond acceptors (Lipinski definition) is 4. The molecule has 2 heterocycles. The monoisotopic (exact) mass is 333 g/mol. The Morgan fingerprint density at radius 1 is 0.920 bits per heavy atom. The Morgan fingerprint density at radius 3 is 2.20 bits per heavy atom. The number of amides is 3. The highest BCUT2D eigenvalue weighted by atomic mass is 16.4. The summed E-state index contributed by atoms with van der Waals surface area (Å²) in [6, 6.07) is 18.5. The molecule has 3 amide bonds. The molecule has 1 saturated heterocycles. The molecule has 4 rings (SSSR count). The fourth-order valence-electron chi connectivity index (χ4n) is 2.74. The number of nitrogens with one attached hydrogen (secondary N) is 1. The van der Waals surface area contributed by atoms with E-state index in [4.69, 9.17) is 4.42 Å². The van der Waals surface area contributed by atoms with Crippen LogP contribution in [0.2, 0.25) is 0 Å².